The van der Waals surface area contributed by atoms with E-state index in [4.69, 9.17) is 4.74 Å². The van der Waals surface area contributed by atoms with Crippen LogP contribution in [0.3, 0.4) is 0 Å². The third-order valence-electron chi connectivity index (χ3n) is 3.93. The van der Waals surface area contributed by atoms with E-state index in [-0.39, 0.29) is 11.7 Å². The standard InChI is InChI=1S/C15H17N3O3/c1-21-12-9-5-4-8-11(12)14-13(15(19)20)16-17-18(14)10-6-2-3-7-10/h4-5,8-10H,2-3,6-7H2,1H3,(H,19,20). The van der Waals surface area contributed by atoms with Gasteiger partial charge in [-0.25, -0.2) is 9.48 Å². The maximum Gasteiger partial charge on any atom is 0.358 e. The number of para-hydroxylation sites is 1. The van der Waals surface area contributed by atoms with E-state index in [1.807, 2.05) is 24.3 Å². The Morgan fingerprint density at radius 2 is 2.05 bits per heavy atom. The number of carbonyl (C=O) groups is 1. The quantitative estimate of drug-likeness (QED) is 0.935. The molecule has 1 saturated carbocycles. The summed E-state index contributed by atoms with van der Waals surface area (Å²) in [7, 11) is 1.57. The molecule has 3 rings (SSSR count). The molecular weight excluding hydrogens is 270 g/mol. The first-order chi connectivity index (χ1) is 10.2. The van der Waals surface area contributed by atoms with Gasteiger partial charge in [0.2, 0.25) is 0 Å². The van der Waals surface area contributed by atoms with Crippen LogP contribution in [0.25, 0.3) is 11.3 Å². The van der Waals surface area contributed by atoms with Crippen molar-refractivity contribution in [1.82, 2.24) is 15.0 Å². The van der Waals surface area contributed by atoms with Crippen molar-refractivity contribution < 1.29 is 14.6 Å². The zero-order valence-corrected chi connectivity index (χ0v) is 11.8. The van der Waals surface area contributed by atoms with Crippen molar-refractivity contribution in [1.29, 1.82) is 0 Å². The number of carboxylic acid groups (broad SMARTS) is 1. The van der Waals surface area contributed by atoms with Crippen molar-refractivity contribution >= 4 is 5.97 Å². The van der Waals surface area contributed by atoms with Crippen LogP contribution in [0.1, 0.15) is 42.2 Å². The van der Waals surface area contributed by atoms with Gasteiger partial charge in [-0.1, -0.05) is 30.2 Å². The molecule has 0 radical (unpaired) electrons. The second-order valence-electron chi connectivity index (χ2n) is 5.17. The lowest BCUT2D eigenvalue weighted by atomic mass is 10.1. The van der Waals surface area contributed by atoms with Crippen LogP contribution in [0.15, 0.2) is 24.3 Å². The van der Waals surface area contributed by atoms with Crippen LogP contribution in [0.5, 0.6) is 5.75 Å². The van der Waals surface area contributed by atoms with Gasteiger partial charge in [0.05, 0.1) is 13.2 Å². The summed E-state index contributed by atoms with van der Waals surface area (Å²) >= 11 is 0. The second-order valence-corrected chi connectivity index (χ2v) is 5.17. The molecule has 0 bridgehead atoms. The van der Waals surface area contributed by atoms with Crippen LogP contribution in [0.4, 0.5) is 0 Å². The summed E-state index contributed by atoms with van der Waals surface area (Å²) in [6.45, 7) is 0. The summed E-state index contributed by atoms with van der Waals surface area (Å²) in [6, 6.07) is 7.58. The highest BCUT2D eigenvalue weighted by molar-refractivity contribution is 5.93. The van der Waals surface area contributed by atoms with Crippen molar-refractivity contribution in [3.05, 3.63) is 30.0 Å². The number of aromatic nitrogens is 3. The Morgan fingerprint density at radius 1 is 1.33 bits per heavy atom. The highest BCUT2D eigenvalue weighted by Gasteiger charge is 2.28. The summed E-state index contributed by atoms with van der Waals surface area (Å²) < 4.78 is 7.12. The first-order valence-electron chi connectivity index (χ1n) is 7.04. The average molecular weight is 287 g/mol. The zero-order valence-electron chi connectivity index (χ0n) is 11.8. The van der Waals surface area contributed by atoms with Crippen molar-refractivity contribution in [2.45, 2.75) is 31.7 Å². The Hall–Kier alpha value is -2.37. The minimum Gasteiger partial charge on any atom is -0.496 e. The molecule has 6 heteroatoms. The third-order valence-corrected chi connectivity index (χ3v) is 3.93. The lowest BCUT2D eigenvalue weighted by Crippen LogP contribution is -2.10. The van der Waals surface area contributed by atoms with Crippen LogP contribution in [-0.4, -0.2) is 33.2 Å². The fraction of sp³-hybridized carbons (Fsp3) is 0.400. The SMILES string of the molecule is COc1ccccc1-c1c(C(=O)O)nnn1C1CCCC1. The predicted octanol–water partition coefficient (Wildman–Crippen LogP) is 2.77. The summed E-state index contributed by atoms with van der Waals surface area (Å²) in [5.74, 6) is -0.443. The lowest BCUT2D eigenvalue weighted by Gasteiger charge is -2.15. The van der Waals surface area contributed by atoms with Gasteiger partial charge in [0.15, 0.2) is 5.69 Å². The number of benzene rings is 1. The fourth-order valence-electron chi connectivity index (χ4n) is 2.93. The maximum absolute atomic E-state index is 11.5. The predicted molar refractivity (Wildman–Crippen MR) is 76.5 cm³/mol. The molecule has 1 aromatic carbocycles. The number of nitrogens with zero attached hydrogens (tertiary/aromatic N) is 3. The van der Waals surface area contributed by atoms with Gasteiger partial charge in [-0.05, 0) is 25.0 Å². The average Bonchev–Trinajstić information content (AvgIpc) is 3.15. The first kappa shape index (κ1) is 13.6. The molecule has 6 nitrogen and oxygen atoms in total. The number of hydrogen-bond acceptors (Lipinski definition) is 4. The topological polar surface area (TPSA) is 77.2 Å². The minimum absolute atomic E-state index is 0.0219. The van der Waals surface area contributed by atoms with Crippen LogP contribution < -0.4 is 4.74 Å². The molecule has 0 amide bonds. The van der Waals surface area contributed by atoms with E-state index < -0.39 is 5.97 Å². The van der Waals surface area contributed by atoms with Gasteiger partial charge < -0.3 is 9.84 Å². The molecule has 0 atom stereocenters. The second kappa shape index (κ2) is 5.55. The fourth-order valence-corrected chi connectivity index (χ4v) is 2.93. The Balaban J connectivity index is 2.18. The Labute approximate surface area is 122 Å². The normalized spacial score (nSPS) is 15.3. The zero-order chi connectivity index (χ0) is 14.8. The largest absolute Gasteiger partial charge is 0.496 e. The lowest BCUT2D eigenvalue weighted by molar-refractivity contribution is 0.0691. The van der Waals surface area contributed by atoms with Crippen molar-refractivity contribution in [2.24, 2.45) is 0 Å². The molecular formula is C15H17N3O3. The molecule has 1 N–H and O–H groups in total. The van der Waals surface area contributed by atoms with E-state index in [1.165, 1.54) is 0 Å². The van der Waals surface area contributed by atoms with E-state index in [1.54, 1.807) is 11.8 Å². The molecule has 21 heavy (non-hydrogen) atoms. The number of carboxylic acids is 1. The van der Waals surface area contributed by atoms with E-state index in [0.29, 0.717) is 17.0 Å². The summed E-state index contributed by atoms with van der Waals surface area (Å²) in [5.41, 5.74) is 1.23. The van der Waals surface area contributed by atoms with Crippen LogP contribution in [0.2, 0.25) is 0 Å². The van der Waals surface area contributed by atoms with Crippen molar-refractivity contribution in [3.63, 3.8) is 0 Å². The van der Waals surface area contributed by atoms with Gasteiger partial charge in [-0.15, -0.1) is 5.10 Å². The molecule has 1 fully saturated rings. The first-order valence-corrected chi connectivity index (χ1v) is 7.04. The number of aromatic carboxylic acids is 1. The molecule has 0 spiro atoms. The molecule has 1 aromatic heterocycles. The van der Waals surface area contributed by atoms with E-state index in [0.717, 1.165) is 25.7 Å². The monoisotopic (exact) mass is 287 g/mol. The van der Waals surface area contributed by atoms with Gasteiger partial charge in [-0.2, -0.15) is 0 Å². The van der Waals surface area contributed by atoms with Gasteiger partial charge in [0.25, 0.3) is 0 Å². The highest BCUT2D eigenvalue weighted by atomic mass is 16.5. The minimum atomic E-state index is -1.07. The summed E-state index contributed by atoms with van der Waals surface area (Å²) in [6.07, 6.45) is 4.28. The van der Waals surface area contributed by atoms with Gasteiger partial charge in [0, 0.05) is 5.56 Å². The van der Waals surface area contributed by atoms with E-state index in [2.05, 4.69) is 10.3 Å². The van der Waals surface area contributed by atoms with Crippen molar-refractivity contribution in [2.75, 3.05) is 7.11 Å². The van der Waals surface area contributed by atoms with Crippen molar-refractivity contribution in [3.8, 4) is 17.0 Å². The van der Waals surface area contributed by atoms with Crippen LogP contribution >= 0.6 is 0 Å². The molecule has 0 saturated heterocycles. The van der Waals surface area contributed by atoms with Crippen LogP contribution in [-0.2, 0) is 0 Å². The van der Waals surface area contributed by atoms with E-state index in [9.17, 15) is 9.90 Å². The summed E-state index contributed by atoms with van der Waals surface area (Å²) in [4.78, 5) is 11.5. The molecule has 1 aliphatic carbocycles. The molecule has 1 aliphatic rings. The Bertz CT molecular complexity index is 660. The maximum atomic E-state index is 11.5. The highest BCUT2D eigenvalue weighted by Crippen LogP contribution is 2.37. The van der Waals surface area contributed by atoms with Gasteiger partial charge >= 0.3 is 5.97 Å². The Morgan fingerprint density at radius 3 is 2.71 bits per heavy atom. The molecule has 1 heterocycles. The number of ether oxygens (including phenoxy) is 1. The molecule has 0 aliphatic heterocycles. The van der Waals surface area contributed by atoms with Crippen LogP contribution in [0, 0.1) is 0 Å². The molecule has 110 valence electrons. The number of hydrogen-bond donors (Lipinski definition) is 1. The van der Waals surface area contributed by atoms with E-state index >= 15 is 0 Å². The molecule has 0 unspecified atom stereocenters. The number of rotatable bonds is 4. The molecule has 2 aromatic rings. The summed E-state index contributed by atoms with van der Waals surface area (Å²) in [5, 5.41) is 17.4. The number of methoxy groups -OCH3 is 1. The third kappa shape index (κ3) is 2.37. The van der Waals surface area contributed by atoms with Gasteiger partial charge in [0.1, 0.15) is 11.4 Å². The Kier molecular flexibility index (Phi) is 3.60. The smallest absolute Gasteiger partial charge is 0.358 e. The van der Waals surface area contributed by atoms with Gasteiger partial charge in [-0.3, -0.25) is 0 Å².